The van der Waals surface area contributed by atoms with Crippen LogP contribution in [0.3, 0.4) is 0 Å². The van der Waals surface area contributed by atoms with Crippen molar-refractivity contribution in [1.29, 1.82) is 0 Å². The molecule has 1 fully saturated rings. The van der Waals surface area contributed by atoms with E-state index < -0.39 is 57.7 Å². The number of aromatic nitrogens is 2. The van der Waals surface area contributed by atoms with Gasteiger partial charge in [-0.15, -0.1) is 4.99 Å². The van der Waals surface area contributed by atoms with Gasteiger partial charge in [-0.3, -0.25) is 4.79 Å². The lowest BCUT2D eigenvalue weighted by molar-refractivity contribution is -0.137. The van der Waals surface area contributed by atoms with Gasteiger partial charge in [-0.25, -0.2) is 18.0 Å². The molecule has 3 aromatic carbocycles. The maximum atomic E-state index is 16.3. The second-order valence-electron chi connectivity index (χ2n) is 13.3. The minimum absolute atomic E-state index is 0.0737. The number of halogens is 6. The molecule has 0 bridgehead atoms. The van der Waals surface area contributed by atoms with Gasteiger partial charge in [0.05, 0.1) is 17.7 Å². The third-order valence-corrected chi connectivity index (χ3v) is 8.22. The first-order valence-corrected chi connectivity index (χ1v) is 15.6. The molecule has 4 aromatic rings. The molecule has 49 heavy (non-hydrogen) atoms. The number of carbonyl (C=O) groups excluding carboxylic acids is 2. The Bertz CT molecular complexity index is 1970. The number of alkyl halides is 3. The Labute approximate surface area is 279 Å². The summed E-state index contributed by atoms with van der Waals surface area (Å²) < 4.78 is 94.8. The zero-order valence-corrected chi connectivity index (χ0v) is 27.6. The lowest BCUT2D eigenvalue weighted by atomic mass is 9.92. The average molecular weight is 687 g/mol. The van der Waals surface area contributed by atoms with E-state index in [1.54, 1.807) is 59.3 Å². The van der Waals surface area contributed by atoms with Crippen LogP contribution in [0, 0.1) is 30.3 Å². The number of imidazole rings is 1. The Kier molecular flexibility index (Phi) is 9.85. The van der Waals surface area contributed by atoms with Crippen LogP contribution >= 0.6 is 0 Å². The molecule has 2 amide bonds. The highest BCUT2D eigenvalue weighted by molar-refractivity contribution is 5.96. The quantitative estimate of drug-likeness (QED) is 0.191. The topological polar surface area (TPSA) is 77.6 Å². The summed E-state index contributed by atoms with van der Waals surface area (Å²) in [6.45, 7) is 6.58. The molecule has 7 nitrogen and oxygen atoms in total. The largest absolute Gasteiger partial charge is 0.442 e. The predicted molar refractivity (Wildman–Crippen MR) is 170 cm³/mol. The Morgan fingerprint density at radius 3 is 2.33 bits per heavy atom. The summed E-state index contributed by atoms with van der Waals surface area (Å²) in [7, 11) is 1.61. The molecule has 1 heterocycles. The van der Waals surface area contributed by atoms with E-state index in [1.165, 1.54) is 21.3 Å². The highest BCUT2D eigenvalue weighted by atomic mass is 19.4. The van der Waals surface area contributed by atoms with Gasteiger partial charge >= 0.3 is 12.3 Å². The second kappa shape index (κ2) is 13.6. The monoisotopic (exact) mass is 686 g/mol. The van der Waals surface area contributed by atoms with Gasteiger partial charge in [0.25, 0.3) is 5.91 Å². The molecule has 1 aliphatic rings. The molecule has 0 unspecified atom stereocenters. The number of rotatable bonds is 8. The van der Waals surface area contributed by atoms with Crippen LogP contribution in [-0.2, 0) is 24.5 Å². The molecule has 1 N–H and O–H groups in total. The van der Waals surface area contributed by atoms with E-state index in [0.717, 1.165) is 36.6 Å². The van der Waals surface area contributed by atoms with Crippen LogP contribution in [0.4, 0.5) is 31.1 Å². The molecule has 1 saturated carbocycles. The van der Waals surface area contributed by atoms with Crippen molar-refractivity contribution in [3.05, 3.63) is 112 Å². The van der Waals surface area contributed by atoms with E-state index in [2.05, 4.69) is 10.3 Å². The molecule has 1 aromatic heterocycles. The first-order chi connectivity index (χ1) is 22.9. The van der Waals surface area contributed by atoms with Crippen LogP contribution in [0.15, 0.2) is 65.9 Å². The van der Waals surface area contributed by atoms with Gasteiger partial charge in [0.2, 0.25) is 5.62 Å². The first-order valence-electron chi connectivity index (χ1n) is 15.6. The molecule has 5 rings (SSSR count). The van der Waals surface area contributed by atoms with E-state index in [4.69, 9.17) is 4.74 Å². The van der Waals surface area contributed by atoms with Gasteiger partial charge in [0.15, 0.2) is 0 Å². The third-order valence-electron chi connectivity index (χ3n) is 8.22. The van der Waals surface area contributed by atoms with Crippen molar-refractivity contribution in [2.45, 2.75) is 64.8 Å². The fraction of sp³-hybridized carbons (Fsp3) is 0.361. The van der Waals surface area contributed by atoms with Crippen molar-refractivity contribution in [2.24, 2.45) is 18.0 Å². The Balaban J connectivity index is 1.57. The molecular weight excluding hydrogens is 650 g/mol. The maximum absolute atomic E-state index is 16.3. The van der Waals surface area contributed by atoms with Crippen molar-refractivity contribution < 1.29 is 40.7 Å². The summed E-state index contributed by atoms with van der Waals surface area (Å²) in [4.78, 5) is 30.2. The van der Waals surface area contributed by atoms with Crippen molar-refractivity contribution in [3.63, 3.8) is 0 Å². The number of nitrogens with one attached hydrogen (secondary N) is 1. The molecule has 0 spiro atoms. The van der Waals surface area contributed by atoms with E-state index in [-0.39, 0.29) is 48.0 Å². The molecular formula is C36H36F6N4O3. The zero-order chi connectivity index (χ0) is 35.8. The van der Waals surface area contributed by atoms with E-state index in [9.17, 15) is 31.5 Å². The number of nitrogens with zero attached hydrogens (tertiary/aromatic N) is 3. The highest BCUT2D eigenvalue weighted by Crippen LogP contribution is 2.43. The molecule has 1 atom stereocenters. The van der Waals surface area contributed by atoms with Gasteiger partial charge in [0, 0.05) is 37.5 Å². The van der Waals surface area contributed by atoms with Crippen LogP contribution in [0.2, 0.25) is 0 Å². The molecule has 1 aliphatic carbocycles. The van der Waals surface area contributed by atoms with Gasteiger partial charge in [-0.05, 0) is 99.0 Å². The van der Waals surface area contributed by atoms with Gasteiger partial charge in [-0.2, -0.15) is 13.2 Å². The standard InChI is InChI=1S/C36H36F6N4O3/c1-20-14-23(8-11-30(20)38)28(22-6-7-22)18-43-32(47)27-16-21(19-46-13-12-45(5)33(46)44-34(48)49-35(2,3)4)15-26(31(27)39)25-10-9-24(37)17-29(25)36(40,41)42/h8-17,22,28H,6-7,18-19H2,1-5H3,(H,43,47)/b44-33-/t28-/m0/s1. The number of amides is 2. The van der Waals surface area contributed by atoms with Crippen LogP contribution in [0.5, 0.6) is 0 Å². The number of carbonyl (C=O) groups is 2. The number of benzene rings is 3. The molecule has 13 heteroatoms. The maximum Gasteiger partial charge on any atom is 0.437 e. The fourth-order valence-corrected chi connectivity index (χ4v) is 5.72. The molecule has 0 saturated heterocycles. The average Bonchev–Trinajstić information content (AvgIpc) is 3.79. The minimum Gasteiger partial charge on any atom is -0.442 e. The van der Waals surface area contributed by atoms with Crippen molar-refractivity contribution in [1.82, 2.24) is 14.5 Å². The second-order valence-corrected chi connectivity index (χ2v) is 13.3. The van der Waals surface area contributed by atoms with Gasteiger partial charge in [0.1, 0.15) is 23.1 Å². The van der Waals surface area contributed by atoms with Crippen LogP contribution in [0.1, 0.15) is 72.1 Å². The number of ether oxygens (including phenoxy) is 1. The summed E-state index contributed by atoms with van der Waals surface area (Å²) in [5.41, 5.74) is -2.44. The predicted octanol–water partition coefficient (Wildman–Crippen LogP) is 8.05. The van der Waals surface area contributed by atoms with E-state index >= 15 is 4.39 Å². The fourth-order valence-electron chi connectivity index (χ4n) is 5.72. The first kappa shape index (κ1) is 35.5. The molecule has 0 aliphatic heterocycles. The van der Waals surface area contributed by atoms with Crippen molar-refractivity contribution in [3.8, 4) is 11.1 Å². The molecule has 0 radical (unpaired) electrons. The van der Waals surface area contributed by atoms with Crippen LogP contribution in [0.25, 0.3) is 11.1 Å². The number of aryl methyl sites for hydroxylation is 2. The summed E-state index contributed by atoms with van der Waals surface area (Å²) in [6.07, 6.45) is -1.01. The van der Waals surface area contributed by atoms with Crippen molar-refractivity contribution in [2.75, 3.05) is 6.54 Å². The van der Waals surface area contributed by atoms with Gasteiger partial charge < -0.3 is 19.2 Å². The van der Waals surface area contributed by atoms with E-state index in [0.29, 0.717) is 5.56 Å². The highest BCUT2D eigenvalue weighted by Gasteiger charge is 2.36. The molecule has 260 valence electrons. The SMILES string of the molecule is Cc1cc([C@@H](CNC(=O)c2cc(Cn3ccn(C)/c3=N/C(=O)OC(C)(C)C)cc(-c3ccc(F)cc3C(F)(F)F)c2F)C2CC2)ccc1F. The normalized spacial score (nSPS) is 14.6. The summed E-state index contributed by atoms with van der Waals surface area (Å²) >= 11 is 0. The smallest absolute Gasteiger partial charge is 0.437 e. The minimum atomic E-state index is -5.04. The van der Waals surface area contributed by atoms with Crippen LogP contribution < -0.4 is 10.9 Å². The lowest BCUT2D eigenvalue weighted by Gasteiger charge is -2.20. The van der Waals surface area contributed by atoms with E-state index in [1.807, 2.05) is 0 Å². The summed E-state index contributed by atoms with van der Waals surface area (Å²) in [5.74, 6) is -3.62. The number of hydrogen-bond acceptors (Lipinski definition) is 3. The Hall–Kier alpha value is -4.81. The third kappa shape index (κ3) is 8.44. The van der Waals surface area contributed by atoms with Crippen LogP contribution in [-0.4, -0.2) is 33.3 Å². The summed E-state index contributed by atoms with van der Waals surface area (Å²) in [6, 6.07) is 8.94. The van der Waals surface area contributed by atoms with Gasteiger partial charge in [-0.1, -0.05) is 18.2 Å². The Morgan fingerprint density at radius 2 is 1.69 bits per heavy atom. The summed E-state index contributed by atoms with van der Waals surface area (Å²) in [5, 5.41) is 2.74. The zero-order valence-electron chi connectivity index (χ0n) is 27.6. The lowest BCUT2D eigenvalue weighted by Crippen LogP contribution is -2.31. The number of hydrogen-bond donors (Lipinski definition) is 1. The Morgan fingerprint density at radius 1 is 0.980 bits per heavy atom. The van der Waals surface area contributed by atoms with Crippen molar-refractivity contribution >= 4 is 12.0 Å².